The lowest BCUT2D eigenvalue weighted by molar-refractivity contribution is -0.131. The highest BCUT2D eigenvalue weighted by molar-refractivity contribution is 5.95. The zero-order valence-corrected chi connectivity index (χ0v) is 16.0. The highest BCUT2D eigenvalue weighted by Gasteiger charge is 2.21. The Bertz CT molecular complexity index is 836. The second-order valence-electron chi connectivity index (χ2n) is 7.21. The van der Waals surface area contributed by atoms with Gasteiger partial charge in [-0.15, -0.1) is 0 Å². The molecule has 2 aromatic rings. The number of nitrogens with one attached hydrogen (secondary N) is 2. The molecule has 0 saturated carbocycles. The highest BCUT2D eigenvalue weighted by atomic mass is 16.5. The summed E-state index contributed by atoms with van der Waals surface area (Å²) in [7, 11) is 0. The molecular formula is C21H24N2O4. The molecule has 0 aromatic heterocycles. The molecule has 6 nitrogen and oxygen atoms in total. The van der Waals surface area contributed by atoms with E-state index in [1.165, 1.54) is 13.0 Å². The predicted octanol–water partition coefficient (Wildman–Crippen LogP) is 3.53. The average Bonchev–Trinajstić information content (AvgIpc) is 2.59. The molecule has 27 heavy (non-hydrogen) atoms. The Morgan fingerprint density at radius 1 is 1.00 bits per heavy atom. The molecule has 0 atom stereocenters. The number of hydrogen-bond acceptors (Lipinski definition) is 4. The van der Waals surface area contributed by atoms with Crippen LogP contribution < -0.4 is 15.4 Å². The second kappa shape index (κ2) is 8.49. The Hall–Kier alpha value is -3.15. The summed E-state index contributed by atoms with van der Waals surface area (Å²) < 4.78 is 4.98. The van der Waals surface area contributed by atoms with Gasteiger partial charge in [0.2, 0.25) is 5.91 Å². The van der Waals surface area contributed by atoms with Crippen LogP contribution in [0, 0.1) is 5.41 Å². The first-order valence-corrected chi connectivity index (χ1v) is 8.62. The third-order valence-corrected chi connectivity index (χ3v) is 3.70. The number of rotatable bonds is 5. The fourth-order valence-electron chi connectivity index (χ4n) is 2.18. The van der Waals surface area contributed by atoms with Gasteiger partial charge in [0, 0.05) is 30.1 Å². The predicted molar refractivity (Wildman–Crippen MR) is 103 cm³/mol. The summed E-state index contributed by atoms with van der Waals surface area (Å²) in [6.45, 7) is 7.19. The van der Waals surface area contributed by atoms with E-state index < -0.39 is 11.4 Å². The van der Waals surface area contributed by atoms with Crippen molar-refractivity contribution < 1.29 is 19.1 Å². The van der Waals surface area contributed by atoms with Crippen LogP contribution in [0.5, 0.6) is 5.75 Å². The van der Waals surface area contributed by atoms with Crippen molar-refractivity contribution in [2.45, 2.75) is 34.2 Å². The second-order valence-corrected chi connectivity index (χ2v) is 7.21. The van der Waals surface area contributed by atoms with Gasteiger partial charge in [-0.2, -0.15) is 0 Å². The van der Waals surface area contributed by atoms with E-state index in [1.54, 1.807) is 30.3 Å². The summed E-state index contributed by atoms with van der Waals surface area (Å²) in [6.07, 6.45) is 0. The van der Waals surface area contributed by atoms with Crippen molar-refractivity contribution in [1.29, 1.82) is 0 Å². The van der Waals surface area contributed by atoms with Crippen LogP contribution in [0.15, 0.2) is 48.5 Å². The van der Waals surface area contributed by atoms with Crippen LogP contribution in [0.2, 0.25) is 0 Å². The molecule has 2 rings (SSSR count). The van der Waals surface area contributed by atoms with Gasteiger partial charge >= 0.3 is 5.97 Å². The molecule has 2 amide bonds. The molecule has 2 N–H and O–H groups in total. The molecule has 0 heterocycles. The SMILES string of the molecule is CC(=O)Oc1cccc(C(=O)NCc2ccc(NC(=O)C(C)(C)C)cc2)c1. The molecular weight excluding hydrogens is 344 g/mol. The molecule has 6 heteroatoms. The van der Waals surface area contributed by atoms with E-state index >= 15 is 0 Å². The summed E-state index contributed by atoms with van der Waals surface area (Å²) in [5.74, 6) is -0.439. The van der Waals surface area contributed by atoms with Crippen LogP contribution in [0.4, 0.5) is 5.69 Å². The van der Waals surface area contributed by atoms with Crippen LogP contribution >= 0.6 is 0 Å². The fourth-order valence-corrected chi connectivity index (χ4v) is 2.18. The Kier molecular flexibility index (Phi) is 6.34. The van der Waals surface area contributed by atoms with E-state index in [2.05, 4.69) is 10.6 Å². The van der Waals surface area contributed by atoms with Gasteiger partial charge in [-0.1, -0.05) is 39.0 Å². The highest BCUT2D eigenvalue weighted by Crippen LogP contribution is 2.18. The fraction of sp³-hybridized carbons (Fsp3) is 0.286. The van der Waals surface area contributed by atoms with E-state index in [-0.39, 0.29) is 11.8 Å². The molecule has 142 valence electrons. The van der Waals surface area contributed by atoms with Crippen LogP contribution in [-0.2, 0) is 16.1 Å². The number of carbonyl (C=O) groups is 3. The number of hydrogen-bond donors (Lipinski definition) is 2. The third-order valence-electron chi connectivity index (χ3n) is 3.70. The molecule has 0 saturated heterocycles. The van der Waals surface area contributed by atoms with Crippen LogP contribution in [0.3, 0.4) is 0 Å². The molecule has 0 bridgehead atoms. The summed E-state index contributed by atoms with van der Waals surface area (Å²) in [4.78, 5) is 35.3. The Morgan fingerprint density at radius 3 is 2.26 bits per heavy atom. The van der Waals surface area contributed by atoms with E-state index in [1.807, 2.05) is 32.9 Å². The van der Waals surface area contributed by atoms with Crippen molar-refractivity contribution in [2.24, 2.45) is 5.41 Å². The van der Waals surface area contributed by atoms with Crippen LogP contribution in [-0.4, -0.2) is 17.8 Å². The quantitative estimate of drug-likeness (QED) is 0.625. The lowest BCUT2D eigenvalue weighted by Gasteiger charge is -2.17. The van der Waals surface area contributed by atoms with E-state index in [9.17, 15) is 14.4 Å². The molecule has 0 aliphatic carbocycles. The Morgan fingerprint density at radius 2 is 1.67 bits per heavy atom. The van der Waals surface area contributed by atoms with Gasteiger partial charge in [0.25, 0.3) is 5.91 Å². The normalized spacial score (nSPS) is 10.8. The Labute approximate surface area is 158 Å². The van der Waals surface area contributed by atoms with Crippen molar-refractivity contribution in [1.82, 2.24) is 5.32 Å². The third kappa shape index (κ3) is 6.26. The van der Waals surface area contributed by atoms with E-state index in [0.29, 0.717) is 23.5 Å². The van der Waals surface area contributed by atoms with Crippen molar-refractivity contribution in [3.63, 3.8) is 0 Å². The lowest BCUT2D eigenvalue weighted by Crippen LogP contribution is -2.27. The monoisotopic (exact) mass is 368 g/mol. The summed E-state index contributed by atoms with van der Waals surface area (Å²) >= 11 is 0. The van der Waals surface area contributed by atoms with Gasteiger partial charge in [-0.05, 0) is 35.9 Å². The van der Waals surface area contributed by atoms with Crippen LogP contribution in [0.1, 0.15) is 43.6 Å². The molecule has 0 fully saturated rings. The number of anilines is 1. The maximum absolute atomic E-state index is 12.3. The zero-order valence-electron chi connectivity index (χ0n) is 16.0. The van der Waals surface area contributed by atoms with E-state index in [4.69, 9.17) is 4.74 Å². The molecule has 0 radical (unpaired) electrons. The first-order chi connectivity index (χ1) is 12.6. The first kappa shape index (κ1) is 20.2. The number of amides is 2. The number of ether oxygens (including phenoxy) is 1. The lowest BCUT2D eigenvalue weighted by atomic mass is 9.95. The van der Waals surface area contributed by atoms with Crippen LogP contribution in [0.25, 0.3) is 0 Å². The van der Waals surface area contributed by atoms with Crippen molar-refractivity contribution in [3.05, 3.63) is 59.7 Å². The molecule has 2 aromatic carbocycles. The standard InChI is InChI=1S/C21H24N2O4/c1-14(24)27-18-7-5-6-16(12-18)19(25)22-13-15-8-10-17(11-9-15)23-20(26)21(2,3)4/h5-12H,13H2,1-4H3,(H,22,25)(H,23,26). The number of carbonyl (C=O) groups excluding carboxylic acids is 3. The minimum Gasteiger partial charge on any atom is -0.427 e. The summed E-state index contributed by atoms with van der Waals surface area (Å²) in [5.41, 5.74) is 1.54. The van der Waals surface area contributed by atoms with Gasteiger partial charge < -0.3 is 15.4 Å². The van der Waals surface area contributed by atoms with Gasteiger partial charge in [0.15, 0.2) is 0 Å². The summed E-state index contributed by atoms with van der Waals surface area (Å²) in [6, 6.07) is 13.7. The maximum atomic E-state index is 12.3. The molecule has 0 aliphatic heterocycles. The maximum Gasteiger partial charge on any atom is 0.308 e. The minimum absolute atomic E-state index is 0.0591. The van der Waals surface area contributed by atoms with E-state index in [0.717, 1.165) is 5.56 Å². The Balaban J connectivity index is 1.94. The smallest absolute Gasteiger partial charge is 0.308 e. The molecule has 0 aliphatic rings. The molecule has 0 spiro atoms. The summed E-state index contributed by atoms with van der Waals surface area (Å²) in [5, 5.41) is 5.67. The average molecular weight is 368 g/mol. The molecule has 0 unspecified atom stereocenters. The van der Waals surface area contributed by atoms with Crippen molar-refractivity contribution in [3.8, 4) is 5.75 Å². The van der Waals surface area contributed by atoms with Gasteiger partial charge in [0.1, 0.15) is 5.75 Å². The first-order valence-electron chi connectivity index (χ1n) is 8.62. The van der Waals surface area contributed by atoms with Crippen molar-refractivity contribution in [2.75, 3.05) is 5.32 Å². The number of esters is 1. The largest absolute Gasteiger partial charge is 0.427 e. The van der Waals surface area contributed by atoms with Gasteiger partial charge in [-0.25, -0.2) is 0 Å². The van der Waals surface area contributed by atoms with Gasteiger partial charge in [-0.3, -0.25) is 14.4 Å². The van der Waals surface area contributed by atoms with Crippen molar-refractivity contribution >= 4 is 23.5 Å². The minimum atomic E-state index is -0.465. The topological polar surface area (TPSA) is 84.5 Å². The van der Waals surface area contributed by atoms with Gasteiger partial charge in [0.05, 0.1) is 0 Å². The number of benzene rings is 2. The zero-order chi connectivity index (χ0) is 20.0.